The predicted octanol–water partition coefficient (Wildman–Crippen LogP) is 0.953. The predicted molar refractivity (Wildman–Crippen MR) is 104 cm³/mol. The van der Waals surface area contributed by atoms with Crippen molar-refractivity contribution in [2.45, 2.75) is 12.1 Å². The Morgan fingerprint density at radius 2 is 1.96 bits per heavy atom. The van der Waals surface area contributed by atoms with Crippen LogP contribution in [0.5, 0.6) is 0 Å². The molecule has 2 atom stereocenters. The first-order chi connectivity index (χ1) is 12.1. The van der Waals surface area contributed by atoms with Crippen LogP contribution in [0.3, 0.4) is 0 Å². The Bertz CT molecular complexity index is 758. The van der Waals surface area contributed by atoms with E-state index in [4.69, 9.17) is 23.2 Å². The number of likely N-dealkylation sites (N-methyl/N-ethyl adjacent to an activating group) is 1. The largest absolute Gasteiger partial charge is 0.390 e. The topological polar surface area (TPSA) is 90.0 Å². The van der Waals surface area contributed by atoms with Gasteiger partial charge in [-0.05, 0) is 26.2 Å². The smallest absolute Gasteiger partial charge is 0.238 e. The van der Waals surface area contributed by atoms with Crippen molar-refractivity contribution in [1.82, 2.24) is 9.80 Å². The van der Waals surface area contributed by atoms with Crippen LogP contribution >= 0.6 is 23.2 Å². The van der Waals surface area contributed by atoms with Gasteiger partial charge in [0.15, 0.2) is 9.84 Å². The van der Waals surface area contributed by atoms with E-state index in [1.54, 1.807) is 23.1 Å². The molecule has 0 saturated carbocycles. The number of halogens is 2. The molecule has 1 aliphatic rings. The molecule has 1 amide bonds. The average Bonchev–Trinajstić information content (AvgIpc) is 2.81. The minimum atomic E-state index is -3.31. The van der Waals surface area contributed by atoms with Crippen LogP contribution in [0.2, 0.25) is 10.0 Å². The summed E-state index contributed by atoms with van der Waals surface area (Å²) in [5.41, 5.74) is 0.385. The summed E-state index contributed by atoms with van der Waals surface area (Å²) in [5, 5.41) is 13.4. The van der Waals surface area contributed by atoms with Crippen molar-refractivity contribution in [2.75, 3.05) is 50.6 Å². The Hall–Kier alpha value is -0.900. The Morgan fingerprint density at radius 3 is 2.54 bits per heavy atom. The molecule has 0 bridgehead atoms. The van der Waals surface area contributed by atoms with Crippen LogP contribution in [0.4, 0.5) is 5.69 Å². The first kappa shape index (κ1) is 21.4. The fourth-order valence-electron chi connectivity index (χ4n) is 2.82. The zero-order valence-electron chi connectivity index (χ0n) is 14.7. The standard InChI is InChI=1S/C16H23Cl2N3O4S/c1-20(2)6-7-21(13-9-26(24,25)10-14(13)22)8-15(23)19-12-5-3-4-11(17)16(12)18/h3-5,13-14,22H,6-10H2,1-2H3,(H,19,23). The second kappa shape index (κ2) is 8.86. The first-order valence-electron chi connectivity index (χ1n) is 8.10. The van der Waals surface area contributed by atoms with Gasteiger partial charge in [-0.3, -0.25) is 9.69 Å². The maximum absolute atomic E-state index is 12.5. The highest BCUT2D eigenvalue weighted by Gasteiger charge is 2.40. The molecule has 26 heavy (non-hydrogen) atoms. The number of nitrogens with one attached hydrogen (secondary N) is 1. The Kier molecular flexibility index (Phi) is 7.29. The molecule has 1 aromatic carbocycles. The number of benzene rings is 1. The Morgan fingerprint density at radius 1 is 1.27 bits per heavy atom. The third kappa shape index (κ3) is 5.80. The van der Waals surface area contributed by atoms with E-state index in [9.17, 15) is 18.3 Å². The summed E-state index contributed by atoms with van der Waals surface area (Å²) in [6.07, 6.45) is -1.01. The van der Waals surface area contributed by atoms with Gasteiger partial charge in [-0.15, -0.1) is 0 Å². The fourth-order valence-corrected chi connectivity index (χ4v) is 5.00. The van der Waals surface area contributed by atoms with Gasteiger partial charge < -0.3 is 15.3 Å². The zero-order chi connectivity index (χ0) is 19.5. The number of aliphatic hydroxyl groups is 1. The van der Waals surface area contributed by atoms with Gasteiger partial charge in [-0.25, -0.2) is 8.42 Å². The number of hydrogen-bond acceptors (Lipinski definition) is 6. The average molecular weight is 424 g/mol. The summed E-state index contributed by atoms with van der Waals surface area (Å²) in [5.74, 6) is -0.797. The summed E-state index contributed by atoms with van der Waals surface area (Å²) in [7, 11) is 0.451. The molecule has 1 aliphatic heterocycles. The van der Waals surface area contributed by atoms with Crippen molar-refractivity contribution in [3.05, 3.63) is 28.2 Å². The van der Waals surface area contributed by atoms with E-state index in [-0.39, 0.29) is 29.0 Å². The molecule has 1 aromatic rings. The molecular weight excluding hydrogens is 401 g/mol. The third-order valence-corrected chi connectivity index (χ3v) is 6.69. The lowest BCUT2D eigenvalue weighted by molar-refractivity contribution is -0.118. The van der Waals surface area contributed by atoms with Gasteiger partial charge >= 0.3 is 0 Å². The minimum absolute atomic E-state index is 0.0616. The molecule has 0 spiro atoms. The molecule has 146 valence electrons. The zero-order valence-corrected chi connectivity index (χ0v) is 17.0. The lowest BCUT2D eigenvalue weighted by Gasteiger charge is -2.30. The summed E-state index contributed by atoms with van der Waals surface area (Å²) in [4.78, 5) is 16.1. The van der Waals surface area contributed by atoms with Crippen molar-refractivity contribution in [3.8, 4) is 0 Å². The monoisotopic (exact) mass is 423 g/mol. The summed E-state index contributed by atoms with van der Waals surface area (Å²) in [6.45, 7) is 1.00. The van der Waals surface area contributed by atoms with Crippen molar-refractivity contribution in [3.63, 3.8) is 0 Å². The maximum Gasteiger partial charge on any atom is 0.238 e. The van der Waals surface area contributed by atoms with Crippen LogP contribution in [0.25, 0.3) is 0 Å². The summed E-state index contributed by atoms with van der Waals surface area (Å²) >= 11 is 12.0. The van der Waals surface area contributed by atoms with Crippen LogP contribution in [0, 0.1) is 0 Å². The van der Waals surface area contributed by atoms with E-state index in [1.807, 2.05) is 19.0 Å². The molecule has 7 nitrogen and oxygen atoms in total. The van der Waals surface area contributed by atoms with Crippen LogP contribution in [-0.2, 0) is 14.6 Å². The molecule has 2 rings (SSSR count). The summed E-state index contributed by atoms with van der Waals surface area (Å²) < 4.78 is 23.6. The molecule has 1 fully saturated rings. The van der Waals surface area contributed by atoms with Gasteiger partial charge in [-0.2, -0.15) is 0 Å². The highest BCUT2D eigenvalue weighted by molar-refractivity contribution is 7.91. The van der Waals surface area contributed by atoms with E-state index in [1.165, 1.54) is 0 Å². The number of carbonyl (C=O) groups is 1. The van der Waals surface area contributed by atoms with Gasteiger partial charge in [0, 0.05) is 13.1 Å². The van der Waals surface area contributed by atoms with E-state index < -0.39 is 22.0 Å². The van der Waals surface area contributed by atoms with Gasteiger partial charge in [0.2, 0.25) is 5.91 Å². The van der Waals surface area contributed by atoms with Crippen LogP contribution < -0.4 is 5.32 Å². The van der Waals surface area contributed by atoms with Gasteiger partial charge in [0.05, 0.1) is 45.9 Å². The molecular formula is C16H23Cl2N3O4S. The first-order valence-corrected chi connectivity index (χ1v) is 10.7. The lowest BCUT2D eigenvalue weighted by atomic mass is 10.1. The molecule has 1 saturated heterocycles. The van der Waals surface area contributed by atoms with E-state index in [0.717, 1.165) is 0 Å². The fraction of sp³-hybridized carbons (Fsp3) is 0.562. The van der Waals surface area contributed by atoms with Gasteiger partial charge in [0.1, 0.15) is 0 Å². The van der Waals surface area contributed by atoms with E-state index >= 15 is 0 Å². The molecule has 1 heterocycles. The summed E-state index contributed by atoms with van der Waals surface area (Å²) in [6, 6.07) is 4.30. The number of rotatable bonds is 7. The minimum Gasteiger partial charge on any atom is -0.390 e. The van der Waals surface area contributed by atoms with Crippen molar-refractivity contribution in [1.29, 1.82) is 0 Å². The third-order valence-electron chi connectivity index (χ3n) is 4.17. The quantitative estimate of drug-likeness (QED) is 0.678. The molecule has 2 N–H and O–H groups in total. The van der Waals surface area contributed by atoms with E-state index in [0.29, 0.717) is 23.8 Å². The molecule has 0 aromatic heterocycles. The molecule has 2 unspecified atom stereocenters. The van der Waals surface area contributed by atoms with Crippen molar-refractivity contribution in [2.24, 2.45) is 0 Å². The van der Waals surface area contributed by atoms with Crippen LogP contribution in [0.1, 0.15) is 0 Å². The second-order valence-corrected chi connectivity index (χ2v) is 9.57. The lowest BCUT2D eigenvalue weighted by Crippen LogP contribution is -2.49. The maximum atomic E-state index is 12.5. The Labute approximate surface area is 163 Å². The molecule has 10 heteroatoms. The Balaban J connectivity index is 2.10. The highest BCUT2D eigenvalue weighted by Crippen LogP contribution is 2.29. The number of aliphatic hydroxyl groups excluding tert-OH is 1. The van der Waals surface area contributed by atoms with Crippen LogP contribution in [0.15, 0.2) is 18.2 Å². The number of anilines is 1. The SMILES string of the molecule is CN(C)CCN(CC(=O)Nc1cccc(Cl)c1Cl)C1CS(=O)(=O)CC1O. The normalized spacial score (nSPS) is 22.1. The van der Waals surface area contributed by atoms with Crippen LogP contribution in [-0.4, -0.2) is 86.6 Å². The number of nitrogens with zero attached hydrogens (tertiary/aromatic N) is 2. The molecule has 0 aliphatic carbocycles. The van der Waals surface area contributed by atoms with Gasteiger partial charge in [0.25, 0.3) is 0 Å². The van der Waals surface area contributed by atoms with Crippen molar-refractivity contribution < 1.29 is 18.3 Å². The van der Waals surface area contributed by atoms with Crippen molar-refractivity contribution >= 4 is 44.6 Å². The van der Waals surface area contributed by atoms with Gasteiger partial charge in [-0.1, -0.05) is 29.3 Å². The molecule has 0 radical (unpaired) electrons. The highest BCUT2D eigenvalue weighted by atomic mass is 35.5. The number of hydrogen-bond donors (Lipinski definition) is 2. The number of amides is 1. The number of sulfone groups is 1. The number of carbonyl (C=O) groups excluding carboxylic acids is 1. The van der Waals surface area contributed by atoms with E-state index in [2.05, 4.69) is 5.32 Å². The second-order valence-electron chi connectivity index (χ2n) is 6.63.